The molecule has 0 aliphatic carbocycles. The standard InChI is InChI=1S/C13H12N2O2/c1-9-5-6-14-12(7-9)15-13(17)10-3-2-4-11(16)8-10/h2-8,16H,1H3,(H,14,15,17). The molecule has 4 heteroatoms. The summed E-state index contributed by atoms with van der Waals surface area (Å²) < 4.78 is 0. The second-order valence-corrected chi connectivity index (χ2v) is 3.72. The fraction of sp³-hybridized carbons (Fsp3) is 0.0769. The summed E-state index contributed by atoms with van der Waals surface area (Å²) in [7, 11) is 0. The number of hydrogen-bond acceptors (Lipinski definition) is 3. The Kier molecular flexibility index (Phi) is 3.05. The Hall–Kier alpha value is -2.36. The van der Waals surface area contributed by atoms with Crippen LogP contribution in [0.5, 0.6) is 5.75 Å². The van der Waals surface area contributed by atoms with E-state index in [1.165, 1.54) is 12.1 Å². The predicted octanol–water partition coefficient (Wildman–Crippen LogP) is 2.35. The summed E-state index contributed by atoms with van der Waals surface area (Å²) in [5.74, 6) is 0.271. The third-order valence-corrected chi connectivity index (χ3v) is 2.27. The van der Waals surface area contributed by atoms with Gasteiger partial charge in [-0.05, 0) is 42.8 Å². The Morgan fingerprint density at radius 3 is 2.82 bits per heavy atom. The molecule has 0 fully saturated rings. The molecule has 2 N–H and O–H groups in total. The van der Waals surface area contributed by atoms with Gasteiger partial charge in [0.25, 0.3) is 5.91 Å². The van der Waals surface area contributed by atoms with Gasteiger partial charge in [0.1, 0.15) is 11.6 Å². The number of nitrogens with one attached hydrogen (secondary N) is 1. The highest BCUT2D eigenvalue weighted by Gasteiger charge is 2.07. The Balaban J connectivity index is 2.17. The van der Waals surface area contributed by atoms with E-state index in [0.717, 1.165) is 5.56 Å². The SMILES string of the molecule is Cc1ccnc(NC(=O)c2cccc(O)c2)c1. The first-order chi connectivity index (χ1) is 8.15. The van der Waals surface area contributed by atoms with E-state index < -0.39 is 0 Å². The van der Waals surface area contributed by atoms with Gasteiger partial charge in [0.2, 0.25) is 0 Å². The number of rotatable bonds is 2. The maximum Gasteiger partial charge on any atom is 0.256 e. The molecule has 86 valence electrons. The van der Waals surface area contributed by atoms with E-state index in [1.807, 2.05) is 13.0 Å². The lowest BCUT2D eigenvalue weighted by Crippen LogP contribution is -2.12. The Morgan fingerprint density at radius 2 is 2.12 bits per heavy atom. The van der Waals surface area contributed by atoms with E-state index in [-0.39, 0.29) is 11.7 Å². The summed E-state index contributed by atoms with van der Waals surface area (Å²) in [6, 6.07) is 9.80. The number of aromatic hydroxyl groups is 1. The van der Waals surface area contributed by atoms with Crippen molar-refractivity contribution in [2.45, 2.75) is 6.92 Å². The van der Waals surface area contributed by atoms with Gasteiger partial charge in [-0.2, -0.15) is 0 Å². The van der Waals surface area contributed by atoms with Crippen LogP contribution in [-0.4, -0.2) is 16.0 Å². The van der Waals surface area contributed by atoms with Crippen LogP contribution in [0, 0.1) is 6.92 Å². The van der Waals surface area contributed by atoms with Crippen molar-refractivity contribution in [1.29, 1.82) is 0 Å². The molecule has 4 nitrogen and oxygen atoms in total. The molecule has 0 aliphatic heterocycles. The first-order valence-electron chi connectivity index (χ1n) is 5.18. The zero-order valence-electron chi connectivity index (χ0n) is 9.34. The van der Waals surface area contributed by atoms with Gasteiger partial charge in [0, 0.05) is 11.8 Å². The molecule has 1 amide bonds. The Bertz CT molecular complexity index is 553. The fourth-order valence-electron chi connectivity index (χ4n) is 1.44. The number of hydrogen-bond donors (Lipinski definition) is 2. The number of carbonyl (C=O) groups is 1. The first kappa shape index (κ1) is 11.1. The molecule has 2 rings (SSSR count). The first-order valence-corrected chi connectivity index (χ1v) is 5.18. The highest BCUT2D eigenvalue weighted by Crippen LogP contribution is 2.13. The van der Waals surface area contributed by atoms with Crippen molar-refractivity contribution in [2.75, 3.05) is 5.32 Å². The van der Waals surface area contributed by atoms with E-state index in [2.05, 4.69) is 10.3 Å². The van der Waals surface area contributed by atoms with Crippen LogP contribution in [0.15, 0.2) is 42.6 Å². The van der Waals surface area contributed by atoms with Crippen LogP contribution in [0.25, 0.3) is 0 Å². The summed E-state index contributed by atoms with van der Waals surface area (Å²) >= 11 is 0. The van der Waals surface area contributed by atoms with E-state index >= 15 is 0 Å². The highest BCUT2D eigenvalue weighted by atomic mass is 16.3. The van der Waals surface area contributed by atoms with Crippen LogP contribution in [0.3, 0.4) is 0 Å². The van der Waals surface area contributed by atoms with Crippen molar-refractivity contribution in [3.8, 4) is 5.75 Å². The number of aromatic nitrogens is 1. The van der Waals surface area contributed by atoms with Gasteiger partial charge in [-0.1, -0.05) is 6.07 Å². The number of nitrogens with zero attached hydrogens (tertiary/aromatic N) is 1. The maximum atomic E-state index is 11.8. The van der Waals surface area contributed by atoms with E-state index in [9.17, 15) is 9.90 Å². The summed E-state index contributed by atoms with van der Waals surface area (Å²) in [5, 5.41) is 11.9. The number of benzene rings is 1. The molecule has 0 unspecified atom stereocenters. The summed E-state index contributed by atoms with van der Waals surface area (Å²) in [4.78, 5) is 15.8. The normalized spacial score (nSPS) is 9.94. The van der Waals surface area contributed by atoms with Crippen molar-refractivity contribution in [1.82, 2.24) is 4.98 Å². The summed E-state index contributed by atoms with van der Waals surface area (Å²) in [6.07, 6.45) is 1.63. The lowest BCUT2D eigenvalue weighted by atomic mass is 10.2. The molecule has 0 aliphatic rings. The maximum absolute atomic E-state index is 11.8. The molecule has 0 radical (unpaired) electrons. The molecule has 1 aromatic heterocycles. The van der Waals surface area contributed by atoms with Crippen molar-refractivity contribution >= 4 is 11.7 Å². The van der Waals surface area contributed by atoms with Crippen molar-refractivity contribution in [3.63, 3.8) is 0 Å². The minimum Gasteiger partial charge on any atom is -0.508 e. The van der Waals surface area contributed by atoms with Gasteiger partial charge in [-0.3, -0.25) is 4.79 Å². The van der Waals surface area contributed by atoms with Crippen molar-refractivity contribution in [2.24, 2.45) is 0 Å². The van der Waals surface area contributed by atoms with Gasteiger partial charge >= 0.3 is 0 Å². The predicted molar refractivity (Wildman–Crippen MR) is 65.0 cm³/mol. The zero-order valence-corrected chi connectivity index (χ0v) is 9.34. The van der Waals surface area contributed by atoms with E-state index in [1.54, 1.807) is 24.4 Å². The monoisotopic (exact) mass is 228 g/mol. The average molecular weight is 228 g/mol. The number of anilines is 1. The van der Waals surface area contributed by atoms with Crippen LogP contribution < -0.4 is 5.32 Å². The van der Waals surface area contributed by atoms with Crippen LogP contribution in [0.1, 0.15) is 15.9 Å². The lowest BCUT2D eigenvalue weighted by Gasteiger charge is -2.05. The van der Waals surface area contributed by atoms with Gasteiger partial charge in [-0.15, -0.1) is 0 Å². The number of phenols is 1. The molecule has 17 heavy (non-hydrogen) atoms. The fourth-order valence-corrected chi connectivity index (χ4v) is 1.44. The topological polar surface area (TPSA) is 62.2 Å². The van der Waals surface area contributed by atoms with Crippen molar-refractivity contribution in [3.05, 3.63) is 53.7 Å². The molecule has 0 spiro atoms. The van der Waals surface area contributed by atoms with Crippen LogP contribution in [0.4, 0.5) is 5.82 Å². The summed E-state index contributed by atoms with van der Waals surface area (Å²) in [6.45, 7) is 1.92. The number of amides is 1. The largest absolute Gasteiger partial charge is 0.508 e. The van der Waals surface area contributed by atoms with Crippen LogP contribution in [0.2, 0.25) is 0 Å². The molecule has 1 heterocycles. The molecule has 0 atom stereocenters. The zero-order chi connectivity index (χ0) is 12.3. The van der Waals surface area contributed by atoms with Gasteiger partial charge < -0.3 is 10.4 Å². The Labute approximate surface area is 98.9 Å². The average Bonchev–Trinajstić information content (AvgIpc) is 2.29. The summed E-state index contributed by atoms with van der Waals surface area (Å²) in [5.41, 5.74) is 1.42. The van der Waals surface area contributed by atoms with E-state index in [4.69, 9.17) is 0 Å². The van der Waals surface area contributed by atoms with Gasteiger partial charge in [0.15, 0.2) is 0 Å². The number of pyridine rings is 1. The van der Waals surface area contributed by atoms with Gasteiger partial charge in [-0.25, -0.2) is 4.98 Å². The highest BCUT2D eigenvalue weighted by molar-refractivity contribution is 6.03. The number of carbonyl (C=O) groups excluding carboxylic acids is 1. The molecular formula is C13H12N2O2. The third kappa shape index (κ3) is 2.81. The van der Waals surface area contributed by atoms with E-state index in [0.29, 0.717) is 11.4 Å². The van der Waals surface area contributed by atoms with Crippen LogP contribution >= 0.6 is 0 Å². The molecule has 0 saturated carbocycles. The molecule has 0 saturated heterocycles. The quantitative estimate of drug-likeness (QED) is 0.829. The molecule has 0 bridgehead atoms. The lowest BCUT2D eigenvalue weighted by molar-refractivity contribution is 0.102. The minimum atomic E-state index is -0.293. The number of phenolic OH excluding ortho intramolecular Hbond substituents is 1. The molecule has 2 aromatic rings. The minimum absolute atomic E-state index is 0.0647. The van der Waals surface area contributed by atoms with Crippen LogP contribution in [-0.2, 0) is 0 Å². The smallest absolute Gasteiger partial charge is 0.256 e. The second kappa shape index (κ2) is 4.65. The third-order valence-electron chi connectivity index (χ3n) is 2.27. The van der Waals surface area contributed by atoms with Crippen molar-refractivity contribution < 1.29 is 9.90 Å². The molecule has 1 aromatic carbocycles. The second-order valence-electron chi connectivity index (χ2n) is 3.72. The number of aryl methyl sites for hydroxylation is 1. The molecular weight excluding hydrogens is 216 g/mol. The Morgan fingerprint density at radius 1 is 1.29 bits per heavy atom. The van der Waals surface area contributed by atoms with Gasteiger partial charge in [0.05, 0.1) is 0 Å².